The fourth-order valence-electron chi connectivity index (χ4n) is 5.68. The van der Waals surface area contributed by atoms with Crippen molar-refractivity contribution < 1.29 is 69.0 Å². The van der Waals surface area contributed by atoms with E-state index in [1.807, 2.05) is 30.3 Å². The van der Waals surface area contributed by atoms with Crippen molar-refractivity contribution in [3.63, 3.8) is 0 Å². The Kier molecular flexibility index (Phi) is 10.5. The highest BCUT2D eigenvalue weighted by Gasteiger charge is 2.51. The summed E-state index contributed by atoms with van der Waals surface area (Å²) in [5, 5.41) is 71.3. The van der Waals surface area contributed by atoms with Gasteiger partial charge in [0.15, 0.2) is 12.6 Å². The fraction of sp³-hybridized carbons (Fsp3) is 0.567. The summed E-state index contributed by atoms with van der Waals surface area (Å²) in [6.07, 6.45) is -8.75. The molecule has 14 nitrogen and oxygen atoms in total. The van der Waals surface area contributed by atoms with Gasteiger partial charge >= 0.3 is 5.97 Å². The van der Waals surface area contributed by atoms with Crippen LogP contribution < -0.4 is 0 Å². The minimum Gasteiger partial charge on any atom is -0.472 e. The molecular weight excluding hydrogens is 584 g/mol. The second-order valence-corrected chi connectivity index (χ2v) is 11.1. The zero-order chi connectivity index (χ0) is 31.5. The summed E-state index contributed by atoms with van der Waals surface area (Å²) in [5.41, 5.74) is 1.28. The van der Waals surface area contributed by atoms with Crippen LogP contribution in [0.1, 0.15) is 12.5 Å². The van der Waals surface area contributed by atoms with Crippen LogP contribution in [0, 0.1) is 11.8 Å². The van der Waals surface area contributed by atoms with Gasteiger partial charge in [-0.25, -0.2) is 4.79 Å². The van der Waals surface area contributed by atoms with Gasteiger partial charge in [-0.05, 0) is 30.2 Å². The Morgan fingerprint density at radius 1 is 0.864 bits per heavy atom. The maximum Gasteiger partial charge on any atom is 0.331 e. The molecule has 14 atom stereocenters. The summed E-state index contributed by atoms with van der Waals surface area (Å²) in [7, 11) is 0. The molecule has 0 aromatic heterocycles. The lowest BCUT2D eigenvalue weighted by atomic mass is 9.88. The van der Waals surface area contributed by atoms with Gasteiger partial charge in [0.2, 0.25) is 6.29 Å². The van der Waals surface area contributed by atoms with Crippen molar-refractivity contribution in [3.05, 3.63) is 66.0 Å². The Labute approximate surface area is 253 Å². The predicted molar refractivity (Wildman–Crippen MR) is 148 cm³/mol. The normalized spacial score (nSPS) is 42.0. The third-order valence-electron chi connectivity index (χ3n) is 8.22. The van der Waals surface area contributed by atoms with Crippen molar-refractivity contribution in [1.82, 2.24) is 0 Å². The minimum atomic E-state index is -1.69. The van der Waals surface area contributed by atoms with Crippen LogP contribution >= 0.6 is 0 Å². The van der Waals surface area contributed by atoms with Crippen molar-refractivity contribution in [2.75, 3.05) is 13.2 Å². The smallest absolute Gasteiger partial charge is 0.331 e. The van der Waals surface area contributed by atoms with E-state index < -0.39 is 98.2 Å². The molecule has 44 heavy (non-hydrogen) atoms. The lowest BCUT2D eigenvalue weighted by Gasteiger charge is -2.43. The Morgan fingerprint density at radius 2 is 1.55 bits per heavy atom. The number of carbonyl (C=O) groups is 1. The monoisotopic (exact) mass is 622 g/mol. The molecule has 3 heterocycles. The van der Waals surface area contributed by atoms with Crippen molar-refractivity contribution in [2.45, 2.75) is 80.7 Å². The number of aliphatic hydroxyl groups is 7. The number of carbonyl (C=O) groups excluding carboxylic acids is 1. The van der Waals surface area contributed by atoms with E-state index in [1.54, 1.807) is 18.2 Å². The number of ether oxygens (including phenoxy) is 6. The number of hydrogen-bond donors (Lipinski definition) is 7. The molecule has 0 unspecified atom stereocenters. The maximum absolute atomic E-state index is 12.6. The first-order valence-electron chi connectivity index (χ1n) is 14.3. The topological polar surface area (TPSA) is 214 Å². The van der Waals surface area contributed by atoms with E-state index in [1.165, 1.54) is 19.3 Å². The van der Waals surface area contributed by atoms with Gasteiger partial charge in [0.05, 0.1) is 31.0 Å². The first-order valence-corrected chi connectivity index (χ1v) is 14.3. The van der Waals surface area contributed by atoms with Crippen LogP contribution in [0.25, 0.3) is 6.08 Å². The minimum absolute atomic E-state index is 0.226. The van der Waals surface area contributed by atoms with E-state index in [9.17, 15) is 40.5 Å². The molecule has 2 saturated heterocycles. The summed E-state index contributed by atoms with van der Waals surface area (Å²) in [6.45, 7) is 0.644. The quantitative estimate of drug-likeness (QED) is 0.0931. The number of esters is 1. The van der Waals surface area contributed by atoms with E-state index in [-0.39, 0.29) is 6.61 Å². The Morgan fingerprint density at radius 3 is 2.25 bits per heavy atom. The van der Waals surface area contributed by atoms with Gasteiger partial charge in [-0.3, -0.25) is 0 Å². The Hall–Kier alpha value is -2.73. The van der Waals surface area contributed by atoms with Gasteiger partial charge in [-0.2, -0.15) is 0 Å². The van der Waals surface area contributed by atoms with E-state index in [2.05, 4.69) is 0 Å². The van der Waals surface area contributed by atoms with Crippen LogP contribution in [0.3, 0.4) is 0 Å². The molecule has 0 amide bonds. The van der Waals surface area contributed by atoms with Crippen molar-refractivity contribution in [2.24, 2.45) is 11.8 Å². The number of benzene rings is 1. The van der Waals surface area contributed by atoms with Crippen LogP contribution in [-0.2, 0) is 33.2 Å². The maximum atomic E-state index is 12.6. The predicted octanol–water partition coefficient (Wildman–Crippen LogP) is -1.69. The molecule has 7 N–H and O–H groups in total. The second-order valence-electron chi connectivity index (χ2n) is 11.1. The van der Waals surface area contributed by atoms with E-state index in [0.717, 1.165) is 5.56 Å². The molecule has 1 aromatic carbocycles. The zero-order valence-electron chi connectivity index (χ0n) is 23.8. The summed E-state index contributed by atoms with van der Waals surface area (Å²) in [5.74, 6) is -1.90. The standard InChI is InChI=1S/C30H38O14/c1-14-22(33)24(35)26(37)29(41-14)42-18-11-16(13-40-20(32)8-7-15-5-3-2-4-6-15)21-17(18)9-10-39-28(21)44-30-27(38)25(36)23(34)19(12-31)43-30/h2-11,14,17-19,21-31,33-38H,12-13H2,1H3/b8-7+/t14-,17-,18+,19+,21+,22-,23+,24+,25-,26+,27+,28-,29-,30-/m0/s1. The molecule has 14 heteroatoms. The van der Waals surface area contributed by atoms with Crippen LogP contribution in [-0.4, -0.2) is 129 Å². The Bertz CT molecular complexity index is 1200. The molecular formula is C30H38O14. The number of fused-ring (bicyclic) bond motifs is 1. The van der Waals surface area contributed by atoms with Crippen molar-refractivity contribution in [3.8, 4) is 0 Å². The van der Waals surface area contributed by atoms with Crippen LogP contribution in [0.5, 0.6) is 0 Å². The molecule has 1 aliphatic carbocycles. The van der Waals surface area contributed by atoms with Gasteiger partial charge in [-0.15, -0.1) is 0 Å². The Balaban J connectivity index is 1.34. The van der Waals surface area contributed by atoms with E-state index in [0.29, 0.717) is 5.57 Å². The molecule has 0 spiro atoms. The molecule has 4 aliphatic rings. The summed E-state index contributed by atoms with van der Waals surface area (Å²) >= 11 is 0. The number of aliphatic hydroxyl groups excluding tert-OH is 7. The van der Waals surface area contributed by atoms with Crippen LogP contribution in [0.15, 0.2) is 60.4 Å². The molecule has 2 fully saturated rings. The number of rotatable bonds is 9. The van der Waals surface area contributed by atoms with Crippen molar-refractivity contribution >= 4 is 12.0 Å². The molecule has 1 aromatic rings. The second kappa shape index (κ2) is 14.1. The zero-order valence-corrected chi connectivity index (χ0v) is 23.8. The molecule has 0 radical (unpaired) electrons. The molecule has 5 rings (SSSR count). The molecule has 242 valence electrons. The van der Waals surface area contributed by atoms with Crippen molar-refractivity contribution in [1.29, 1.82) is 0 Å². The first kappa shape index (κ1) is 32.7. The van der Waals surface area contributed by atoms with Crippen LogP contribution in [0.4, 0.5) is 0 Å². The molecule has 3 aliphatic heterocycles. The average Bonchev–Trinajstić information content (AvgIpc) is 3.39. The van der Waals surface area contributed by atoms with Gasteiger partial charge in [-0.1, -0.05) is 36.4 Å². The highest BCUT2D eigenvalue weighted by atomic mass is 16.8. The average molecular weight is 623 g/mol. The lowest BCUT2D eigenvalue weighted by Crippen LogP contribution is -2.60. The van der Waals surface area contributed by atoms with Gasteiger partial charge in [0, 0.05) is 12.0 Å². The van der Waals surface area contributed by atoms with Crippen LogP contribution in [0.2, 0.25) is 0 Å². The fourth-order valence-corrected chi connectivity index (χ4v) is 5.68. The molecule has 0 saturated carbocycles. The SMILES string of the molecule is C[C@@H]1O[C@@H](O[C@@H]2C=C(COC(=O)/C=C/c3ccccc3)[C@H]3[C@H](O[C@@H]4O[C@H](CO)[C@@H](O)[C@H](O)[C@H]4O)OC=C[C@H]32)[C@H](O)[C@H](O)[C@H]1O. The first-order chi connectivity index (χ1) is 21.1. The van der Waals surface area contributed by atoms with Gasteiger partial charge in [0.25, 0.3) is 0 Å². The molecule has 0 bridgehead atoms. The number of hydrogen-bond acceptors (Lipinski definition) is 14. The summed E-state index contributed by atoms with van der Waals surface area (Å²) < 4.78 is 34.3. The third kappa shape index (κ3) is 6.90. The van der Waals surface area contributed by atoms with Gasteiger partial charge < -0.3 is 64.2 Å². The van der Waals surface area contributed by atoms with Gasteiger partial charge in [0.1, 0.15) is 49.3 Å². The van der Waals surface area contributed by atoms with E-state index >= 15 is 0 Å². The third-order valence-corrected chi connectivity index (χ3v) is 8.22. The summed E-state index contributed by atoms with van der Waals surface area (Å²) in [6, 6.07) is 9.14. The van der Waals surface area contributed by atoms with E-state index in [4.69, 9.17) is 28.4 Å². The lowest BCUT2D eigenvalue weighted by molar-refractivity contribution is -0.341. The highest BCUT2D eigenvalue weighted by Crippen LogP contribution is 2.43. The highest BCUT2D eigenvalue weighted by molar-refractivity contribution is 5.87. The largest absolute Gasteiger partial charge is 0.472 e. The summed E-state index contributed by atoms with van der Waals surface area (Å²) in [4.78, 5) is 12.6.